The fourth-order valence-corrected chi connectivity index (χ4v) is 6.28. The molecule has 0 aliphatic carbocycles. The Labute approximate surface area is 192 Å². The van der Waals surface area contributed by atoms with E-state index in [1.165, 1.54) is 21.3 Å². The number of thiophene rings is 1. The molecule has 2 aliphatic heterocycles. The highest BCUT2D eigenvalue weighted by Gasteiger charge is 2.31. The molecule has 0 radical (unpaired) electrons. The fraction of sp³-hybridized carbons (Fsp3) is 0.500. The SMILES string of the molecule is O=C(CN(Cc1cccs1)C[C@H]1CCCO1)N1CCN(S(=O)(=O)c2ccc(F)cc2)CC1. The first-order valence-corrected chi connectivity index (χ1v) is 13.1. The first kappa shape index (κ1) is 23.3. The lowest BCUT2D eigenvalue weighted by Crippen LogP contribution is -2.52. The predicted molar refractivity (Wildman–Crippen MR) is 120 cm³/mol. The highest BCUT2D eigenvalue weighted by molar-refractivity contribution is 7.89. The van der Waals surface area contributed by atoms with Gasteiger partial charge in [0, 0.05) is 50.8 Å². The van der Waals surface area contributed by atoms with Crippen LogP contribution in [-0.4, -0.2) is 80.4 Å². The standard InChI is InChI=1S/C22H28FN3O4S2/c23-18-5-7-21(8-6-18)32(28,29)26-11-9-25(10-12-26)22(27)17-24(15-19-3-1-13-30-19)16-20-4-2-14-31-20/h2,4-8,14,19H,1,3,9-13,15-17H2/t19-/m1/s1. The zero-order chi connectivity index (χ0) is 22.6. The summed E-state index contributed by atoms with van der Waals surface area (Å²) in [5.74, 6) is -0.479. The molecule has 7 nitrogen and oxygen atoms in total. The molecule has 174 valence electrons. The Balaban J connectivity index is 1.34. The first-order valence-electron chi connectivity index (χ1n) is 10.8. The second-order valence-corrected chi connectivity index (χ2v) is 11.1. The molecule has 10 heteroatoms. The number of carbonyl (C=O) groups excluding carboxylic acids is 1. The van der Waals surface area contributed by atoms with Crippen molar-refractivity contribution in [1.82, 2.24) is 14.1 Å². The van der Waals surface area contributed by atoms with Crippen molar-refractivity contribution >= 4 is 27.3 Å². The van der Waals surface area contributed by atoms with E-state index in [-0.39, 0.29) is 36.5 Å². The number of hydrogen-bond donors (Lipinski definition) is 0. The minimum Gasteiger partial charge on any atom is -0.377 e. The van der Waals surface area contributed by atoms with Gasteiger partial charge in [0.15, 0.2) is 0 Å². The van der Waals surface area contributed by atoms with Gasteiger partial charge < -0.3 is 9.64 Å². The van der Waals surface area contributed by atoms with Crippen molar-refractivity contribution in [2.24, 2.45) is 0 Å². The van der Waals surface area contributed by atoms with Crippen molar-refractivity contribution in [1.29, 1.82) is 0 Å². The molecule has 1 aromatic heterocycles. The summed E-state index contributed by atoms with van der Waals surface area (Å²) < 4.78 is 45.9. The lowest BCUT2D eigenvalue weighted by atomic mass is 10.2. The molecule has 2 aliphatic rings. The van der Waals surface area contributed by atoms with Crippen LogP contribution in [0.2, 0.25) is 0 Å². The molecule has 0 N–H and O–H groups in total. The van der Waals surface area contributed by atoms with Crippen LogP contribution < -0.4 is 0 Å². The third-order valence-electron chi connectivity index (χ3n) is 5.85. The van der Waals surface area contributed by atoms with Crippen LogP contribution in [0.5, 0.6) is 0 Å². The number of halogens is 1. The predicted octanol–water partition coefficient (Wildman–Crippen LogP) is 2.40. The van der Waals surface area contributed by atoms with E-state index in [0.29, 0.717) is 26.2 Å². The van der Waals surface area contributed by atoms with Crippen LogP contribution in [0.1, 0.15) is 17.7 Å². The van der Waals surface area contributed by atoms with Crippen LogP contribution in [0, 0.1) is 5.82 Å². The number of carbonyl (C=O) groups is 1. The molecule has 2 fully saturated rings. The number of rotatable bonds is 8. The summed E-state index contributed by atoms with van der Waals surface area (Å²) in [7, 11) is -3.70. The van der Waals surface area contributed by atoms with Crippen LogP contribution in [0.25, 0.3) is 0 Å². The van der Waals surface area contributed by atoms with Crippen molar-refractivity contribution < 1.29 is 22.3 Å². The molecular weight excluding hydrogens is 453 g/mol. The van der Waals surface area contributed by atoms with E-state index >= 15 is 0 Å². The molecule has 1 amide bonds. The number of piperazine rings is 1. The second kappa shape index (κ2) is 10.4. The lowest BCUT2D eigenvalue weighted by Gasteiger charge is -2.35. The van der Waals surface area contributed by atoms with Gasteiger partial charge in [-0.05, 0) is 48.6 Å². The van der Waals surface area contributed by atoms with Gasteiger partial charge in [-0.1, -0.05) is 6.07 Å². The molecule has 32 heavy (non-hydrogen) atoms. The van der Waals surface area contributed by atoms with E-state index in [1.54, 1.807) is 16.2 Å². The van der Waals surface area contributed by atoms with Gasteiger partial charge in [0.25, 0.3) is 0 Å². The number of benzene rings is 1. The third kappa shape index (κ3) is 5.74. The maximum atomic E-state index is 13.1. The molecule has 2 aromatic rings. The van der Waals surface area contributed by atoms with Gasteiger partial charge in [0.2, 0.25) is 15.9 Å². The average Bonchev–Trinajstić information content (AvgIpc) is 3.48. The first-order chi connectivity index (χ1) is 15.4. The molecular formula is C22H28FN3O4S2. The van der Waals surface area contributed by atoms with Crippen molar-refractivity contribution in [2.45, 2.75) is 30.4 Å². The Hall–Kier alpha value is -1.85. The van der Waals surface area contributed by atoms with E-state index in [0.717, 1.165) is 31.6 Å². The number of hydrogen-bond acceptors (Lipinski definition) is 6. The summed E-state index contributed by atoms with van der Waals surface area (Å²) in [6.07, 6.45) is 2.21. The average molecular weight is 482 g/mol. The zero-order valence-corrected chi connectivity index (χ0v) is 19.5. The van der Waals surface area contributed by atoms with Crippen molar-refractivity contribution in [3.8, 4) is 0 Å². The smallest absolute Gasteiger partial charge is 0.243 e. The van der Waals surface area contributed by atoms with Gasteiger partial charge >= 0.3 is 0 Å². The Kier molecular flexibility index (Phi) is 7.57. The van der Waals surface area contributed by atoms with Crippen LogP contribution in [-0.2, 0) is 26.1 Å². The molecule has 0 unspecified atom stereocenters. The van der Waals surface area contributed by atoms with E-state index in [4.69, 9.17) is 4.74 Å². The van der Waals surface area contributed by atoms with Crippen molar-refractivity contribution in [3.63, 3.8) is 0 Å². The Morgan fingerprint density at radius 1 is 1.16 bits per heavy atom. The van der Waals surface area contributed by atoms with Gasteiger partial charge in [0.05, 0.1) is 17.5 Å². The third-order valence-corrected chi connectivity index (χ3v) is 8.62. The van der Waals surface area contributed by atoms with Crippen LogP contribution in [0.15, 0.2) is 46.7 Å². The summed E-state index contributed by atoms with van der Waals surface area (Å²) >= 11 is 1.67. The summed E-state index contributed by atoms with van der Waals surface area (Å²) in [5, 5.41) is 2.03. The van der Waals surface area contributed by atoms with Crippen molar-refractivity contribution in [2.75, 3.05) is 45.9 Å². The molecule has 4 rings (SSSR count). The maximum Gasteiger partial charge on any atom is 0.243 e. The molecule has 0 bridgehead atoms. The summed E-state index contributed by atoms with van der Waals surface area (Å²) in [6, 6.07) is 8.90. The summed E-state index contributed by atoms with van der Waals surface area (Å²) in [6.45, 7) is 3.59. The molecule has 0 saturated carbocycles. The van der Waals surface area contributed by atoms with Crippen molar-refractivity contribution in [3.05, 3.63) is 52.5 Å². The van der Waals surface area contributed by atoms with Gasteiger partial charge in [-0.25, -0.2) is 12.8 Å². The van der Waals surface area contributed by atoms with E-state index in [1.807, 2.05) is 11.4 Å². The monoisotopic (exact) mass is 481 g/mol. The van der Waals surface area contributed by atoms with Crippen LogP contribution in [0.4, 0.5) is 4.39 Å². The second-order valence-electron chi connectivity index (χ2n) is 8.12. The Morgan fingerprint density at radius 3 is 2.53 bits per heavy atom. The summed E-state index contributed by atoms with van der Waals surface area (Å²) in [5.41, 5.74) is 0. The zero-order valence-electron chi connectivity index (χ0n) is 17.9. The lowest BCUT2D eigenvalue weighted by molar-refractivity contribution is -0.134. The largest absolute Gasteiger partial charge is 0.377 e. The molecule has 2 saturated heterocycles. The number of sulfonamides is 1. The minimum absolute atomic E-state index is 0.00150. The summed E-state index contributed by atoms with van der Waals surface area (Å²) in [4.78, 5) is 18.1. The Bertz CT molecular complexity index is 985. The van der Waals surface area contributed by atoms with Gasteiger partial charge in [0.1, 0.15) is 5.82 Å². The maximum absolute atomic E-state index is 13.1. The fourth-order valence-electron chi connectivity index (χ4n) is 4.11. The van der Waals surface area contributed by atoms with E-state index in [9.17, 15) is 17.6 Å². The Morgan fingerprint density at radius 2 is 1.91 bits per heavy atom. The molecule has 1 atom stereocenters. The molecule has 0 spiro atoms. The molecule has 1 aromatic carbocycles. The van der Waals surface area contributed by atoms with Crippen LogP contribution in [0.3, 0.4) is 0 Å². The quantitative estimate of drug-likeness (QED) is 0.579. The highest BCUT2D eigenvalue weighted by atomic mass is 32.2. The number of nitrogens with zero attached hydrogens (tertiary/aromatic N) is 3. The number of ether oxygens (including phenoxy) is 1. The normalized spacial score (nSPS) is 20.2. The van der Waals surface area contributed by atoms with Crippen LogP contribution >= 0.6 is 11.3 Å². The van der Waals surface area contributed by atoms with Gasteiger partial charge in [-0.15, -0.1) is 11.3 Å². The number of amides is 1. The molecule has 3 heterocycles. The van der Waals surface area contributed by atoms with Gasteiger partial charge in [-0.2, -0.15) is 4.31 Å². The van der Waals surface area contributed by atoms with Gasteiger partial charge in [-0.3, -0.25) is 9.69 Å². The highest BCUT2D eigenvalue weighted by Crippen LogP contribution is 2.20. The van der Waals surface area contributed by atoms with E-state index < -0.39 is 15.8 Å². The minimum atomic E-state index is -3.70. The topological polar surface area (TPSA) is 70.2 Å². The van der Waals surface area contributed by atoms with E-state index in [2.05, 4.69) is 11.0 Å².